The molecule has 0 aliphatic heterocycles. The number of aryl methyl sites for hydroxylation is 2. The minimum Gasteiger partial charge on any atom is -0.477 e. The van der Waals surface area contributed by atoms with E-state index in [4.69, 9.17) is 0 Å². The predicted octanol–water partition coefficient (Wildman–Crippen LogP) is 4.00. The van der Waals surface area contributed by atoms with Gasteiger partial charge in [0.25, 0.3) is 0 Å². The maximum atomic E-state index is 11.2. The van der Waals surface area contributed by atoms with Gasteiger partial charge in [-0.25, -0.2) is 9.59 Å². The minimum absolute atomic E-state index is 0.317. The van der Waals surface area contributed by atoms with Crippen LogP contribution in [0.4, 0.5) is 0 Å². The third kappa shape index (κ3) is 1.72. The van der Waals surface area contributed by atoms with Crippen molar-refractivity contribution in [3.8, 4) is 0 Å². The molecule has 1 aromatic carbocycles. The van der Waals surface area contributed by atoms with Crippen LogP contribution in [-0.4, -0.2) is 22.2 Å². The van der Waals surface area contributed by atoms with E-state index in [0.29, 0.717) is 9.75 Å². The second-order valence-corrected chi connectivity index (χ2v) is 7.23. The number of rotatable bonds is 2. The Kier molecular flexibility index (Phi) is 2.61. The van der Waals surface area contributed by atoms with Crippen molar-refractivity contribution in [1.29, 1.82) is 0 Å². The van der Waals surface area contributed by atoms with Gasteiger partial charge in [0.15, 0.2) is 0 Å². The molecule has 0 saturated heterocycles. The predicted molar refractivity (Wildman–Crippen MR) is 83.2 cm³/mol. The first-order chi connectivity index (χ1) is 10.1. The molecule has 4 nitrogen and oxygen atoms in total. The molecule has 2 aromatic heterocycles. The summed E-state index contributed by atoms with van der Waals surface area (Å²) >= 11 is 2.49. The fourth-order valence-corrected chi connectivity index (χ4v) is 5.32. The zero-order valence-electron chi connectivity index (χ0n) is 10.8. The van der Waals surface area contributed by atoms with Crippen LogP contribution in [0.5, 0.6) is 0 Å². The number of carboxylic acid groups (broad SMARTS) is 2. The SMILES string of the molecule is O=C(O)c1cc2c3c(c4cc(C(=O)O)sc4c2s1)CCC3. The fraction of sp³-hybridized carbons (Fsp3) is 0.200. The summed E-state index contributed by atoms with van der Waals surface area (Å²) in [6.45, 7) is 0. The zero-order chi connectivity index (χ0) is 14.7. The number of thiophene rings is 2. The molecule has 6 heteroatoms. The Labute approximate surface area is 127 Å². The van der Waals surface area contributed by atoms with Gasteiger partial charge in [-0.2, -0.15) is 0 Å². The van der Waals surface area contributed by atoms with E-state index in [1.165, 1.54) is 33.8 Å². The molecule has 21 heavy (non-hydrogen) atoms. The zero-order valence-corrected chi connectivity index (χ0v) is 12.4. The van der Waals surface area contributed by atoms with E-state index in [0.717, 1.165) is 39.4 Å². The van der Waals surface area contributed by atoms with Crippen LogP contribution in [0.2, 0.25) is 0 Å². The molecule has 0 unspecified atom stereocenters. The lowest BCUT2D eigenvalue weighted by molar-refractivity contribution is 0.0691. The highest BCUT2D eigenvalue weighted by Gasteiger charge is 2.24. The highest BCUT2D eigenvalue weighted by atomic mass is 32.1. The van der Waals surface area contributed by atoms with Crippen LogP contribution in [-0.2, 0) is 12.8 Å². The van der Waals surface area contributed by atoms with E-state index in [2.05, 4.69) is 0 Å². The molecule has 0 amide bonds. The topological polar surface area (TPSA) is 74.6 Å². The molecular formula is C15H10O4S2. The van der Waals surface area contributed by atoms with E-state index in [9.17, 15) is 19.8 Å². The van der Waals surface area contributed by atoms with Crippen LogP contribution in [0.15, 0.2) is 12.1 Å². The second kappa shape index (κ2) is 4.29. The maximum Gasteiger partial charge on any atom is 0.345 e. The van der Waals surface area contributed by atoms with Crippen LogP contribution < -0.4 is 0 Å². The lowest BCUT2D eigenvalue weighted by Gasteiger charge is -2.03. The largest absolute Gasteiger partial charge is 0.477 e. The Balaban J connectivity index is 2.18. The van der Waals surface area contributed by atoms with Crippen molar-refractivity contribution in [2.45, 2.75) is 19.3 Å². The first-order valence-electron chi connectivity index (χ1n) is 6.53. The second-order valence-electron chi connectivity index (χ2n) is 5.13. The number of carboxylic acids is 2. The lowest BCUT2D eigenvalue weighted by Crippen LogP contribution is -1.90. The summed E-state index contributed by atoms with van der Waals surface area (Å²) in [4.78, 5) is 23.1. The van der Waals surface area contributed by atoms with E-state index in [1.807, 2.05) is 0 Å². The average Bonchev–Trinajstić information content (AvgIpc) is 3.14. The average molecular weight is 318 g/mol. The van der Waals surface area contributed by atoms with Crippen molar-refractivity contribution >= 4 is 54.8 Å². The minimum atomic E-state index is -0.925. The summed E-state index contributed by atoms with van der Waals surface area (Å²) in [5, 5.41) is 20.4. The Hall–Kier alpha value is -1.92. The summed E-state index contributed by atoms with van der Waals surface area (Å²) < 4.78 is 1.83. The molecule has 0 fully saturated rings. The lowest BCUT2D eigenvalue weighted by atomic mass is 10.0. The Morgan fingerprint density at radius 2 is 1.29 bits per heavy atom. The molecule has 4 rings (SSSR count). The van der Waals surface area contributed by atoms with Gasteiger partial charge >= 0.3 is 11.9 Å². The first kappa shape index (κ1) is 12.8. The molecule has 0 atom stereocenters. The number of carbonyl (C=O) groups is 2. The molecule has 1 aliphatic carbocycles. The number of hydrogen-bond acceptors (Lipinski definition) is 4. The van der Waals surface area contributed by atoms with Gasteiger partial charge < -0.3 is 10.2 Å². The first-order valence-corrected chi connectivity index (χ1v) is 8.17. The molecule has 2 heterocycles. The Morgan fingerprint density at radius 1 is 0.857 bits per heavy atom. The van der Waals surface area contributed by atoms with Crippen LogP contribution in [0.3, 0.4) is 0 Å². The molecule has 0 radical (unpaired) electrons. The Morgan fingerprint density at radius 3 is 1.67 bits per heavy atom. The molecule has 3 aromatic rings. The number of fused-ring (bicyclic) bond motifs is 6. The number of benzene rings is 1. The van der Waals surface area contributed by atoms with Gasteiger partial charge in [-0.15, -0.1) is 22.7 Å². The third-order valence-corrected chi connectivity index (χ3v) is 6.37. The van der Waals surface area contributed by atoms with Crippen molar-refractivity contribution in [2.75, 3.05) is 0 Å². The summed E-state index contributed by atoms with van der Waals surface area (Å²) in [6, 6.07) is 3.48. The Bertz CT molecular complexity index is 857. The maximum absolute atomic E-state index is 11.2. The highest BCUT2D eigenvalue weighted by Crippen LogP contribution is 2.44. The van der Waals surface area contributed by atoms with Gasteiger partial charge in [-0.3, -0.25) is 0 Å². The van der Waals surface area contributed by atoms with E-state index in [1.54, 1.807) is 12.1 Å². The van der Waals surface area contributed by atoms with Crippen LogP contribution in [0.1, 0.15) is 36.9 Å². The smallest absolute Gasteiger partial charge is 0.345 e. The molecule has 0 saturated carbocycles. The van der Waals surface area contributed by atoms with Crippen molar-refractivity contribution in [3.63, 3.8) is 0 Å². The normalized spacial score (nSPS) is 13.9. The summed E-state index contributed by atoms with van der Waals surface area (Å²) in [5.74, 6) is -1.85. The third-order valence-electron chi connectivity index (χ3n) is 3.96. The van der Waals surface area contributed by atoms with Crippen molar-refractivity contribution in [1.82, 2.24) is 0 Å². The summed E-state index contributed by atoms with van der Waals surface area (Å²) in [5.41, 5.74) is 2.41. The quantitative estimate of drug-likeness (QED) is 0.749. The number of aromatic carboxylic acids is 2. The summed E-state index contributed by atoms with van der Waals surface area (Å²) in [7, 11) is 0. The van der Waals surface area contributed by atoms with E-state index in [-0.39, 0.29) is 0 Å². The van der Waals surface area contributed by atoms with Gasteiger partial charge in [0.2, 0.25) is 0 Å². The van der Waals surface area contributed by atoms with Crippen molar-refractivity contribution < 1.29 is 19.8 Å². The van der Waals surface area contributed by atoms with Gasteiger partial charge in [-0.1, -0.05) is 0 Å². The van der Waals surface area contributed by atoms with E-state index >= 15 is 0 Å². The molecular weight excluding hydrogens is 308 g/mol. The molecule has 0 spiro atoms. The molecule has 0 bridgehead atoms. The monoisotopic (exact) mass is 318 g/mol. The van der Waals surface area contributed by atoms with Crippen LogP contribution >= 0.6 is 22.7 Å². The van der Waals surface area contributed by atoms with Gasteiger partial charge in [0.1, 0.15) is 9.75 Å². The van der Waals surface area contributed by atoms with Crippen molar-refractivity contribution in [3.05, 3.63) is 33.0 Å². The molecule has 1 aliphatic rings. The molecule has 2 N–H and O–H groups in total. The fourth-order valence-electron chi connectivity index (χ4n) is 3.12. The van der Waals surface area contributed by atoms with Crippen LogP contribution in [0, 0.1) is 0 Å². The molecule has 106 valence electrons. The standard InChI is InChI=1S/C15H10O4S2/c16-14(17)10-4-8-6-2-1-3-7(6)9-5-11(15(18)19)21-13(9)12(8)20-10/h4-5H,1-3H2,(H,16,17)(H,18,19). The van der Waals surface area contributed by atoms with Gasteiger partial charge in [-0.05, 0) is 53.3 Å². The number of hydrogen-bond donors (Lipinski definition) is 2. The van der Waals surface area contributed by atoms with Crippen molar-refractivity contribution in [2.24, 2.45) is 0 Å². The van der Waals surface area contributed by atoms with E-state index < -0.39 is 11.9 Å². The van der Waals surface area contributed by atoms with Gasteiger partial charge in [0.05, 0.1) is 9.40 Å². The van der Waals surface area contributed by atoms with Crippen LogP contribution in [0.25, 0.3) is 20.2 Å². The highest BCUT2D eigenvalue weighted by molar-refractivity contribution is 7.28. The summed E-state index contributed by atoms with van der Waals surface area (Å²) in [6.07, 6.45) is 2.92. The van der Waals surface area contributed by atoms with Gasteiger partial charge in [0, 0.05) is 0 Å².